The van der Waals surface area contributed by atoms with Gasteiger partial charge >= 0.3 is 0 Å². The van der Waals surface area contributed by atoms with Gasteiger partial charge in [0, 0.05) is 18.0 Å². The minimum Gasteiger partial charge on any atom is -0.249 e. The molecule has 94 valence electrons. The maximum absolute atomic E-state index is 13.9. The standard InChI is InChI=1S/C13H13F2N3/c1-8-16-13-10(5-3-7-18(13)17-8)9-4-2-6-11(14)12(9)15/h2,4,6,10H,3,5,7H2,1H3/t10-/m1/s1. The smallest absolute Gasteiger partial charge is 0.162 e. The number of benzene rings is 1. The number of aryl methyl sites for hydroxylation is 2. The first-order valence-electron chi connectivity index (χ1n) is 6.02. The lowest BCUT2D eigenvalue weighted by Gasteiger charge is -2.22. The summed E-state index contributed by atoms with van der Waals surface area (Å²) in [7, 11) is 0. The number of aromatic nitrogens is 3. The van der Waals surface area contributed by atoms with Crippen LogP contribution in [0.2, 0.25) is 0 Å². The third kappa shape index (κ3) is 1.70. The number of fused-ring (bicyclic) bond motifs is 1. The van der Waals surface area contributed by atoms with Crippen LogP contribution in [0.5, 0.6) is 0 Å². The average Bonchev–Trinajstić information content (AvgIpc) is 2.73. The summed E-state index contributed by atoms with van der Waals surface area (Å²) in [6.07, 6.45) is 1.68. The maximum atomic E-state index is 13.9. The summed E-state index contributed by atoms with van der Waals surface area (Å²) in [6.45, 7) is 2.61. The Morgan fingerprint density at radius 2 is 2.17 bits per heavy atom. The van der Waals surface area contributed by atoms with E-state index >= 15 is 0 Å². The summed E-state index contributed by atoms with van der Waals surface area (Å²) in [5.74, 6) is -0.356. The molecule has 0 radical (unpaired) electrons. The van der Waals surface area contributed by atoms with Crippen molar-refractivity contribution in [2.24, 2.45) is 0 Å². The molecule has 0 saturated carbocycles. The van der Waals surface area contributed by atoms with Gasteiger partial charge in [-0.2, -0.15) is 5.10 Å². The van der Waals surface area contributed by atoms with Crippen LogP contribution in [0.4, 0.5) is 8.78 Å². The SMILES string of the molecule is Cc1nc2n(n1)CCC[C@@H]2c1cccc(F)c1F. The molecule has 0 spiro atoms. The molecule has 0 aliphatic carbocycles. The Hall–Kier alpha value is -1.78. The highest BCUT2D eigenvalue weighted by Crippen LogP contribution is 2.33. The van der Waals surface area contributed by atoms with E-state index in [1.165, 1.54) is 6.07 Å². The molecule has 0 N–H and O–H groups in total. The molecule has 3 rings (SSSR count). The van der Waals surface area contributed by atoms with E-state index in [1.54, 1.807) is 10.7 Å². The predicted molar refractivity (Wildman–Crippen MR) is 62.2 cm³/mol. The maximum Gasteiger partial charge on any atom is 0.162 e. The van der Waals surface area contributed by atoms with Gasteiger partial charge in [0.25, 0.3) is 0 Å². The van der Waals surface area contributed by atoms with Crippen LogP contribution < -0.4 is 0 Å². The highest BCUT2D eigenvalue weighted by Gasteiger charge is 2.28. The third-order valence-electron chi connectivity index (χ3n) is 3.34. The number of hydrogen-bond acceptors (Lipinski definition) is 2. The third-order valence-corrected chi connectivity index (χ3v) is 3.34. The molecular formula is C13H13F2N3. The van der Waals surface area contributed by atoms with Crippen molar-refractivity contribution in [3.63, 3.8) is 0 Å². The van der Waals surface area contributed by atoms with Gasteiger partial charge in [-0.1, -0.05) is 12.1 Å². The van der Waals surface area contributed by atoms with Crippen LogP contribution in [0.25, 0.3) is 0 Å². The van der Waals surface area contributed by atoms with Crippen LogP contribution in [-0.2, 0) is 6.54 Å². The Labute approximate surface area is 103 Å². The second-order valence-electron chi connectivity index (χ2n) is 4.58. The van der Waals surface area contributed by atoms with Gasteiger partial charge in [0.15, 0.2) is 11.6 Å². The van der Waals surface area contributed by atoms with Gasteiger partial charge in [-0.15, -0.1) is 0 Å². The van der Waals surface area contributed by atoms with Crippen LogP contribution in [0.3, 0.4) is 0 Å². The van der Waals surface area contributed by atoms with Gasteiger partial charge in [0.05, 0.1) is 0 Å². The Bertz CT molecular complexity index is 592. The Morgan fingerprint density at radius 1 is 1.33 bits per heavy atom. The largest absolute Gasteiger partial charge is 0.249 e. The zero-order valence-corrected chi connectivity index (χ0v) is 10.0. The molecule has 0 unspecified atom stereocenters. The summed E-state index contributed by atoms with van der Waals surface area (Å²) < 4.78 is 29.0. The minimum atomic E-state index is -0.805. The average molecular weight is 249 g/mol. The molecule has 2 aromatic rings. The van der Waals surface area contributed by atoms with Crippen molar-refractivity contribution in [3.05, 3.63) is 47.0 Å². The van der Waals surface area contributed by atoms with Crippen molar-refractivity contribution in [3.8, 4) is 0 Å². The van der Waals surface area contributed by atoms with Gasteiger partial charge in [0.2, 0.25) is 0 Å². The molecule has 1 atom stereocenters. The number of rotatable bonds is 1. The summed E-state index contributed by atoms with van der Waals surface area (Å²) in [5.41, 5.74) is 0.378. The molecule has 0 bridgehead atoms. The zero-order valence-electron chi connectivity index (χ0n) is 10.0. The van der Waals surface area contributed by atoms with Crippen molar-refractivity contribution < 1.29 is 8.78 Å². The predicted octanol–water partition coefficient (Wildman–Crippen LogP) is 2.79. The molecule has 5 heteroatoms. The first-order valence-corrected chi connectivity index (χ1v) is 6.02. The Balaban J connectivity index is 2.11. The molecular weight excluding hydrogens is 236 g/mol. The van der Waals surface area contributed by atoms with Crippen LogP contribution in [-0.4, -0.2) is 14.8 Å². The van der Waals surface area contributed by atoms with E-state index in [9.17, 15) is 8.78 Å². The van der Waals surface area contributed by atoms with Crippen molar-refractivity contribution in [1.29, 1.82) is 0 Å². The fourth-order valence-corrected chi connectivity index (χ4v) is 2.55. The van der Waals surface area contributed by atoms with Crippen LogP contribution >= 0.6 is 0 Å². The van der Waals surface area contributed by atoms with Crippen molar-refractivity contribution in [2.75, 3.05) is 0 Å². The quantitative estimate of drug-likeness (QED) is 0.778. The second kappa shape index (κ2) is 4.15. The Kier molecular flexibility index (Phi) is 2.61. The molecule has 18 heavy (non-hydrogen) atoms. The molecule has 0 saturated heterocycles. The highest BCUT2D eigenvalue weighted by molar-refractivity contribution is 5.29. The second-order valence-corrected chi connectivity index (χ2v) is 4.58. The summed E-state index contributed by atoms with van der Waals surface area (Å²) in [4.78, 5) is 4.34. The molecule has 0 amide bonds. The van der Waals surface area contributed by atoms with Gasteiger partial charge in [-0.25, -0.2) is 18.4 Å². The molecule has 1 aliphatic heterocycles. The molecule has 3 nitrogen and oxygen atoms in total. The van der Waals surface area contributed by atoms with Gasteiger partial charge < -0.3 is 0 Å². The summed E-state index contributed by atoms with van der Waals surface area (Å²) >= 11 is 0. The van der Waals surface area contributed by atoms with Crippen molar-refractivity contribution >= 4 is 0 Å². The zero-order chi connectivity index (χ0) is 12.7. The van der Waals surface area contributed by atoms with E-state index in [0.29, 0.717) is 11.4 Å². The summed E-state index contributed by atoms with van der Waals surface area (Å²) in [6, 6.07) is 4.30. The summed E-state index contributed by atoms with van der Waals surface area (Å²) in [5, 5.41) is 4.27. The molecule has 1 aromatic carbocycles. The Morgan fingerprint density at radius 3 is 3.00 bits per heavy atom. The number of halogens is 2. The topological polar surface area (TPSA) is 30.7 Å². The van der Waals surface area contributed by atoms with Crippen LogP contribution in [0, 0.1) is 18.6 Å². The van der Waals surface area contributed by atoms with E-state index in [0.717, 1.165) is 31.3 Å². The van der Waals surface area contributed by atoms with E-state index in [2.05, 4.69) is 10.1 Å². The molecule has 1 aromatic heterocycles. The van der Waals surface area contributed by atoms with Crippen molar-refractivity contribution in [1.82, 2.24) is 14.8 Å². The lowest BCUT2D eigenvalue weighted by Crippen LogP contribution is -2.19. The van der Waals surface area contributed by atoms with Crippen molar-refractivity contribution in [2.45, 2.75) is 32.2 Å². The van der Waals surface area contributed by atoms with Crippen LogP contribution in [0.1, 0.15) is 36.0 Å². The number of hydrogen-bond donors (Lipinski definition) is 0. The first-order chi connectivity index (χ1) is 8.66. The molecule has 2 heterocycles. The van der Waals surface area contributed by atoms with E-state index in [4.69, 9.17) is 0 Å². The van der Waals surface area contributed by atoms with Gasteiger partial charge in [-0.05, 0) is 25.8 Å². The lowest BCUT2D eigenvalue weighted by atomic mass is 9.91. The first kappa shape index (κ1) is 11.3. The van der Waals surface area contributed by atoms with E-state index in [1.807, 2.05) is 6.92 Å². The highest BCUT2D eigenvalue weighted by atomic mass is 19.2. The minimum absolute atomic E-state index is 0.198. The molecule has 0 fully saturated rings. The normalized spacial score (nSPS) is 18.7. The van der Waals surface area contributed by atoms with E-state index in [-0.39, 0.29) is 5.92 Å². The number of nitrogens with zero attached hydrogens (tertiary/aromatic N) is 3. The lowest BCUT2D eigenvalue weighted by molar-refractivity contribution is 0.426. The van der Waals surface area contributed by atoms with E-state index < -0.39 is 11.6 Å². The van der Waals surface area contributed by atoms with Gasteiger partial charge in [0.1, 0.15) is 11.6 Å². The molecule has 1 aliphatic rings. The van der Waals surface area contributed by atoms with Crippen LogP contribution in [0.15, 0.2) is 18.2 Å². The fraction of sp³-hybridized carbons (Fsp3) is 0.385. The fourth-order valence-electron chi connectivity index (χ4n) is 2.55. The van der Waals surface area contributed by atoms with Gasteiger partial charge in [-0.3, -0.25) is 0 Å². The monoisotopic (exact) mass is 249 g/mol.